The highest BCUT2D eigenvalue weighted by Gasteiger charge is 2.79. The molecule has 2 spiro atoms. The first-order valence-electron chi connectivity index (χ1n) is 30.0. The summed E-state index contributed by atoms with van der Waals surface area (Å²) in [5, 5.41) is 44.2. The minimum atomic E-state index is -2.04. The Balaban J connectivity index is 0.704. The van der Waals surface area contributed by atoms with E-state index < -0.39 is 133 Å². The second-order valence-electron chi connectivity index (χ2n) is 26.5. The van der Waals surface area contributed by atoms with E-state index in [-0.39, 0.29) is 92.1 Å². The zero-order valence-corrected chi connectivity index (χ0v) is 45.8. The lowest BCUT2D eigenvalue weighted by atomic mass is 9.79. The van der Waals surface area contributed by atoms with Crippen LogP contribution in [-0.2, 0) is 80.9 Å². The van der Waals surface area contributed by atoms with E-state index in [0.717, 1.165) is 36.8 Å². The molecule has 0 saturated carbocycles. The van der Waals surface area contributed by atoms with E-state index in [0.29, 0.717) is 57.8 Å². The predicted octanol–water partition coefficient (Wildman–Crippen LogP) is 4.15. The monoisotopic (exact) mass is 1110 g/mol. The largest absolute Gasteiger partial charge is 0.481 e. The Morgan fingerprint density at radius 1 is 0.582 bits per heavy atom. The highest BCUT2D eigenvalue weighted by Crippen LogP contribution is 2.59. The molecule has 0 aromatic carbocycles. The van der Waals surface area contributed by atoms with Gasteiger partial charge in [0.25, 0.3) is 0 Å². The van der Waals surface area contributed by atoms with Gasteiger partial charge in [0.2, 0.25) is 11.6 Å². The molecule has 0 amide bonds. The van der Waals surface area contributed by atoms with Crippen molar-refractivity contribution >= 4 is 11.9 Å². The second-order valence-corrected chi connectivity index (χ2v) is 26.5. The number of aliphatic carboxylic acids is 1. The van der Waals surface area contributed by atoms with Crippen molar-refractivity contribution in [1.82, 2.24) is 0 Å². The number of fused-ring (bicyclic) bond motifs is 10. The SMILES string of the molecule is C=C1C[C@@H]2CC[C@]34OC5C6O[C@H]7CC[C@H](CC(=O)O[C@@H]8[C@@H](C)[C@@H]9O[C@@H]%10C[C@]%11(C[C@@H]%12OO[C@H]%13C[C@@H](O)[C@@H](CC(=O)O)O[C@H]%13C(C)CC[C@H](C)[C@@H]%12O%11)O[C@@H]%10C[C@@H]9O[C@H]8C[C@H]8O[C@@H](CC[C@@H]1O2)C[C@@H](C)C8=C)O[C@@H]7[C@H](O3)C6O[C@@]5(O)[C@H]4O. The van der Waals surface area contributed by atoms with Crippen molar-refractivity contribution in [3.05, 3.63) is 24.3 Å². The number of carbonyl (C=O) groups excluding carboxylic acids is 1. The van der Waals surface area contributed by atoms with Crippen LogP contribution in [0, 0.1) is 23.7 Å². The minimum absolute atomic E-state index is 0.00219. The molecule has 15 aliphatic heterocycles. The number of carboxylic acids is 1. The van der Waals surface area contributed by atoms with Crippen molar-refractivity contribution < 1.29 is 101 Å². The average molecular weight is 1120 g/mol. The number of rotatable bonds is 2. The predicted molar refractivity (Wildman–Crippen MR) is 268 cm³/mol. The first kappa shape index (κ1) is 54.7. The van der Waals surface area contributed by atoms with Crippen LogP contribution in [0.15, 0.2) is 24.3 Å². The maximum atomic E-state index is 14.6. The summed E-state index contributed by atoms with van der Waals surface area (Å²) in [6, 6.07) is 0. The molecule has 21 nitrogen and oxygen atoms in total. The normalized spacial score (nSPS) is 57.0. The topological polar surface area (TPSA) is 254 Å². The molecular weight excluding hydrogens is 1030 g/mol. The molecule has 15 aliphatic rings. The third-order valence-corrected chi connectivity index (χ3v) is 21.2. The Morgan fingerprint density at radius 2 is 1.30 bits per heavy atom. The van der Waals surface area contributed by atoms with Gasteiger partial charge < -0.3 is 82.0 Å². The molecule has 21 heteroatoms. The number of ether oxygens (including phenoxy) is 13. The Bertz CT molecular complexity index is 2360. The Kier molecular flexibility index (Phi) is 14.2. The first-order valence-corrected chi connectivity index (χ1v) is 30.0. The molecule has 15 fully saturated rings. The van der Waals surface area contributed by atoms with Gasteiger partial charge in [0.05, 0.1) is 104 Å². The summed E-state index contributed by atoms with van der Waals surface area (Å²) >= 11 is 0. The molecule has 12 bridgehead atoms. The number of carbonyl (C=O) groups is 2. The fourth-order valence-electron chi connectivity index (χ4n) is 16.9. The number of hydrogen-bond donors (Lipinski definition) is 4. The van der Waals surface area contributed by atoms with E-state index >= 15 is 0 Å². The van der Waals surface area contributed by atoms with E-state index in [1.54, 1.807) is 0 Å². The van der Waals surface area contributed by atoms with Gasteiger partial charge in [-0.2, -0.15) is 0 Å². The maximum absolute atomic E-state index is 14.6. The molecule has 0 aliphatic carbocycles. The molecule has 0 radical (unpaired) electrons. The van der Waals surface area contributed by atoms with Crippen LogP contribution in [-0.4, -0.2) is 196 Å². The first-order chi connectivity index (χ1) is 37.8. The molecule has 15 rings (SSSR count). The molecule has 31 atom stereocenters. The van der Waals surface area contributed by atoms with E-state index in [4.69, 9.17) is 71.4 Å². The van der Waals surface area contributed by atoms with Crippen molar-refractivity contribution in [2.24, 2.45) is 23.7 Å². The molecule has 0 aromatic heterocycles. The molecule has 15 saturated heterocycles. The third kappa shape index (κ3) is 9.45. The van der Waals surface area contributed by atoms with Crippen LogP contribution in [0.5, 0.6) is 0 Å². The summed E-state index contributed by atoms with van der Waals surface area (Å²) in [6.07, 6.45) is -6.12. The van der Waals surface area contributed by atoms with Crippen LogP contribution in [0.1, 0.15) is 137 Å². The van der Waals surface area contributed by atoms with Crippen molar-refractivity contribution in [2.75, 3.05) is 0 Å². The summed E-state index contributed by atoms with van der Waals surface area (Å²) in [4.78, 5) is 38.6. The summed E-state index contributed by atoms with van der Waals surface area (Å²) < 4.78 is 87.8. The van der Waals surface area contributed by atoms with Gasteiger partial charge in [-0.1, -0.05) is 40.9 Å². The number of hydrogen-bond acceptors (Lipinski definition) is 20. The van der Waals surface area contributed by atoms with Crippen LogP contribution in [0.4, 0.5) is 0 Å². The van der Waals surface area contributed by atoms with E-state index in [9.17, 15) is 30.0 Å². The molecular formula is C58H82O21. The number of aliphatic hydroxyl groups is 3. The summed E-state index contributed by atoms with van der Waals surface area (Å²) in [5.74, 6) is -6.25. The quantitative estimate of drug-likeness (QED) is 0.172. The molecule has 440 valence electrons. The van der Waals surface area contributed by atoms with Crippen molar-refractivity contribution in [2.45, 2.75) is 301 Å². The van der Waals surface area contributed by atoms with Gasteiger partial charge in [-0.15, -0.1) is 0 Å². The summed E-state index contributed by atoms with van der Waals surface area (Å²) in [6.45, 7) is 17.5. The van der Waals surface area contributed by atoms with Gasteiger partial charge in [-0.25, -0.2) is 9.78 Å². The van der Waals surface area contributed by atoms with Gasteiger partial charge in [-0.05, 0) is 86.7 Å². The lowest BCUT2D eigenvalue weighted by Gasteiger charge is -2.50. The van der Waals surface area contributed by atoms with Crippen LogP contribution >= 0.6 is 0 Å². The van der Waals surface area contributed by atoms with Gasteiger partial charge in [0, 0.05) is 44.4 Å². The fraction of sp³-hybridized carbons (Fsp3) is 0.897. The summed E-state index contributed by atoms with van der Waals surface area (Å²) in [7, 11) is 0. The smallest absolute Gasteiger partial charge is 0.308 e. The highest BCUT2D eigenvalue weighted by molar-refractivity contribution is 5.70. The zero-order valence-electron chi connectivity index (χ0n) is 45.8. The summed E-state index contributed by atoms with van der Waals surface area (Å²) in [5.41, 5.74) is 1.98. The third-order valence-electron chi connectivity index (χ3n) is 21.2. The number of aliphatic hydroxyl groups excluding tert-OH is 2. The van der Waals surface area contributed by atoms with Gasteiger partial charge >= 0.3 is 11.9 Å². The molecule has 0 aromatic rings. The van der Waals surface area contributed by atoms with Crippen LogP contribution in [0.25, 0.3) is 0 Å². The Labute approximate surface area is 460 Å². The molecule has 15 heterocycles. The lowest BCUT2D eigenvalue weighted by Crippen LogP contribution is -2.63. The van der Waals surface area contributed by atoms with Gasteiger partial charge in [0.15, 0.2) is 11.9 Å². The van der Waals surface area contributed by atoms with Crippen LogP contribution in [0.3, 0.4) is 0 Å². The Morgan fingerprint density at radius 3 is 2.13 bits per heavy atom. The highest BCUT2D eigenvalue weighted by atomic mass is 17.2. The van der Waals surface area contributed by atoms with Crippen molar-refractivity contribution in [3.63, 3.8) is 0 Å². The fourth-order valence-corrected chi connectivity index (χ4v) is 16.9. The lowest BCUT2D eigenvalue weighted by molar-refractivity contribution is -0.388. The van der Waals surface area contributed by atoms with Crippen LogP contribution in [0.2, 0.25) is 0 Å². The molecule has 4 N–H and O–H groups in total. The average Bonchev–Trinajstić information content (AvgIpc) is 2.16. The van der Waals surface area contributed by atoms with E-state index in [1.165, 1.54) is 0 Å². The van der Waals surface area contributed by atoms with Crippen molar-refractivity contribution in [1.29, 1.82) is 0 Å². The molecule has 79 heavy (non-hydrogen) atoms. The second kappa shape index (κ2) is 20.5. The minimum Gasteiger partial charge on any atom is -0.481 e. The van der Waals surface area contributed by atoms with Gasteiger partial charge in [0.1, 0.15) is 48.8 Å². The van der Waals surface area contributed by atoms with Crippen LogP contribution < -0.4 is 0 Å². The Hall–Kier alpha value is -2.26. The zero-order chi connectivity index (χ0) is 54.6. The maximum Gasteiger partial charge on any atom is 0.308 e. The van der Waals surface area contributed by atoms with E-state index in [2.05, 4.69) is 40.9 Å². The number of carboxylic acid groups (broad SMARTS) is 1. The van der Waals surface area contributed by atoms with Crippen molar-refractivity contribution in [3.8, 4) is 0 Å². The van der Waals surface area contributed by atoms with E-state index in [1.807, 2.05) is 0 Å². The van der Waals surface area contributed by atoms with Gasteiger partial charge in [-0.3, -0.25) is 9.59 Å². The number of esters is 1. The standard InChI is InChI=1S/C58H82O21/c1-24-7-8-25(2)47-43(79-78-41-18-33(59)37(21-44(60)61)70-46(24)41)23-56(74-47)22-42-38(73-56)20-40-48(71-42)29(6)49-39(68-40)19-36-28(5)26(3)15-30(66-36)9-11-34-27(4)16-32(65-34)13-14-57-55(63)58(64)54(77-57)53-52(76-58)51(75-57)50-35(69-53)12-10-31(67-50)17-45(62)72-49/h24-26,29-43,46-55,59,63-64H,4-5,7-23H2,1-3,6H3,(H,60,61)/t24?,25-,26+,29-,30-,31+,32-,33+,34-,35-,36+,37+,38+,39-,40-,41-,42+,43-,46-,47-,48-,49+,50-,51-,52?,53?,54?,55-,56-,57+,58+/m0/s1. The molecule has 4 unspecified atom stereocenters.